The zero-order valence-electron chi connectivity index (χ0n) is 16.9. The molecule has 0 saturated carbocycles. The summed E-state index contributed by atoms with van der Waals surface area (Å²) in [7, 11) is 0. The normalized spacial score (nSPS) is 14.2. The lowest BCUT2D eigenvalue weighted by Gasteiger charge is -2.40. The van der Waals surface area contributed by atoms with Gasteiger partial charge in [-0.2, -0.15) is 0 Å². The Labute approximate surface area is 154 Å². The second-order valence-corrected chi connectivity index (χ2v) is 8.38. The van der Waals surface area contributed by atoms with Crippen molar-refractivity contribution >= 4 is 11.9 Å². The molecular formula is C21H40O4. The molecule has 148 valence electrons. The van der Waals surface area contributed by atoms with Gasteiger partial charge in [-0.1, -0.05) is 91.4 Å². The molecule has 0 aromatic rings. The van der Waals surface area contributed by atoms with E-state index in [1.54, 1.807) is 6.92 Å². The predicted molar refractivity (Wildman–Crippen MR) is 103 cm³/mol. The number of carboxylic acid groups (broad SMARTS) is 2. The molecule has 4 nitrogen and oxygen atoms in total. The van der Waals surface area contributed by atoms with Crippen LogP contribution in [0.25, 0.3) is 0 Å². The Morgan fingerprint density at radius 2 is 1.12 bits per heavy atom. The lowest BCUT2D eigenvalue weighted by molar-refractivity contribution is -0.163. The Balaban J connectivity index is 3.98. The Morgan fingerprint density at radius 1 is 0.720 bits per heavy atom. The molecule has 0 aromatic heterocycles. The summed E-state index contributed by atoms with van der Waals surface area (Å²) in [5.74, 6) is -2.06. The van der Waals surface area contributed by atoms with Gasteiger partial charge < -0.3 is 10.2 Å². The highest BCUT2D eigenvalue weighted by atomic mass is 16.4. The van der Waals surface area contributed by atoms with E-state index < -0.39 is 22.8 Å². The standard InChI is InChI=1S/C21H40O4/c1-5-6-7-8-9-10-11-12-13-14-15-16-20(2,3)21(4,19(24)25)17-18(22)23/h5-17H2,1-4H3,(H,22,23)(H,24,25). The highest BCUT2D eigenvalue weighted by Crippen LogP contribution is 2.45. The Bertz CT molecular complexity index is 389. The van der Waals surface area contributed by atoms with Crippen LogP contribution in [0.5, 0.6) is 0 Å². The maximum Gasteiger partial charge on any atom is 0.310 e. The molecule has 0 fully saturated rings. The van der Waals surface area contributed by atoms with Crippen LogP contribution >= 0.6 is 0 Å². The number of unbranched alkanes of at least 4 members (excludes halogenated alkanes) is 10. The molecule has 0 aliphatic carbocycles. The summed E-state index contributed by atoms with van der Waals surface area (Å²) >= 11 is 0. The lowest BCUT2D eigenvalue weighted by Crippen LogP contribution is -2.43. The van der Waals surface area contributed by atoms with Crippen molar-refractivity contribution in [2.45, 2.75) is 111 Å². The van der Waals surface area contributed by atoms with Gasteiger partial charge in [-0.25, -0.2) is 0 Å². The Kier molecular flexibility index (Phi) is 11.8. The highest BCUT2D eigenvalue weighted by Gasteiger charge is 2.48. The molecule has 4 heteroatoms. The second kappa shape index (κ2) is 12.3. The minimum Gasteiger partial charge on any atom is -0.481 e. The van der Waals surface area contributed by atoms with Gasteiger partial charge in [0.25, 0.3) is 0 Å². The van der Waals surface area contributed by atoms with Crippen LogP contribution in [0.2, 0.25) is 0 Å². The van der Waals surface area contributed by atoms with Gasteiger partial charge in [-0.3, -0.25) is 9.59 Å². The Hall–Kier alpha value is -1.06. The molecule has 1 unspecified atom stereocenters. The maximum atomic E-state index is 11.6. The van der Waals surface area contributed by atoms with E-state index in [1.807, 2.05) is 13.8 Å². The van der Waals surface area contributed by atoms with Crippen LogP contribution in [-0.2, 0) is 9.59 Å². The zero-order valence-corrected chi connectivity index (χ0v) is 16.9. The lowest BCUT2D eigenvalue weighted by atomic mass is 9.62. The van der Waals surface area contributed by atoms with Crippen LogP contribution in [0.15, 0.2) is 0 Å². The molecule has 0 aliphatic heterocycles. The van der Waals surface area contributed by atoms with E-state index in [-0.39, 0.29) is 6.42 Å². The van der Waals surface area contributed by atoms with Crippen molar-refractivity contribution in [3.63, 3.8) is 0 Å². The molecule has 0 spiro atoms. The van der Waals surface area contributed by atoms with E-state index in [4.69, 9.17) is 5.11 Å². The third-order valence-corrected chi connectivity index (χ3v) is 5.88. The van der Waals surface area contributed by atoms with Crippen LogP contribution in [-0.4, -0.2) is 22.2 Å². The minimum atomic E-state index is -1.22. The van der Waals surface area contributed by atoms with Crippen LogP contribution in [0.3, 0.4) is 0 Å². The van der Waals surface area contributed by atoms with E-state index in [2.05, 4.69) is 6.92 Å². The molecule has 2 N–H and O–H groups in total. The number of carbonyl (C=O) groups is 2. The van der Waals surface area contributed by atoms with Crippen molar-refractivity contribution in [2.75, 3.05) is 0 Å². The van der Waals surface area contributed by atoms with Gasteiger partial charge in [0, 0.05) is 0 Å². The SMILES string of the molecule is CCCCCCCCCCCCCC(C)(C)C(C)(CC(=O)O)C(=O)O. The largest absolute Gasteiger partial charge is 0.481 e. The zero-order chi connectivity index (χ0) is 19.3. The summed E-state index contributed by atoms with van der Waals surface area (Å²) in [6, 6.07) is 0. The summed E-state index contributed by atoms with van der Waals surface area (Å²) in [5.41, 5.74) is -1.76. The number of hydrogen-bond acceptors (Lipinski definition) is 2. The molecule has 1 atom stereocenters. The van der Waals surface area contributed by atoms with Crippen molar-refractivity contribution < 1.29 is 19.8 Å². The predicted octanol–water partition coefficient (Wildman–Crippen LogP) is 6.28. The monoisotopic (exact) mass is 356 g/mol. The highest BCUT2D eigenvalue weighted by molar-refractivity contribution is 5.81. The fraction of sp³-hybridized carbons (Fsp3) is 0.905. The first-order chi connectivity index (χ1) is 11.7. The van der Waals surface area contributed by atoms with E-state index >= 15 is 0 Å². The third kappa shape index (κ3) is 9.27. The van der Waals surface area contributed by atoms with Crippen LogP contribution in [0, 0.1) is 10.8 Å². The van der Waals surface area contributed by atoms with Crippen LogP contribution < -0.4 is 0 Å². The Morgan fingerprint density at radius 3 is 1.48 bits per heavy atom. The molecule has 0 aliphatic rings. The summed E-state index contributed by atoms with van der Waals surface area (Å²) in [5, 5.41) is 18.6. The van der Waals surface area contributed by atoms with Crippen molar-refractivity contribution in [3.8, 4) is 0 Å². The molecule has 0 heterocycles. The molecule has 0 saturated heterocycles. The molecule has 0 radical (unpaired) electrons. The van der Waals surface area contributed by atoms with Gasteiger partial charge in [0.1, 0.15) is 0 Å². The topological polar surface area (TPSA) is 74.6 Å². The molecule has 25 heavy (non-hydrogen) atoms. The van der Waals surface area contributed by atoms with Gasteiger partial charge in [0.05, 0.1) is 11.8 Å². The van der Waals surface area contributed by atoms with Crippen molar-refractivity contribution in [3.05, 3.63) is 0 Å². The molecular weight excluding hydrogens is 316 g/mol. The summed E-state index contributed by atoms with van der Waals surface area (Å²) in [4.78, 5) is 22.7. The van der Waals surface area contributed by atoms with Gasteiger partial charge in [0.2, 0.25) is 0 Å². The number of carboxylic acids is 2. The smallest absolute Gasteiger partial charge is 0.310 e. The quantitative estimate of drug-likeness (QED) is 0.319. The number of aliphatic carboxylic acids is 2. The van der Waals surface area contributed by atoms with Crippen LogP contribution in [0.4, 0.5) is 0 Å². The van der Waals surface area contributed by atoms with Crippen LogP contribution in [0.1, 0.15) is 111 Å². The van der Waals surface area contributed by atoms with E-state index in [9.17, 15) is 14.7 Å². The van der Waals surface area contributed by atoms with Gasteiger partial charge in [0.15, 0.2) is 0 Å². The van der Waals surface area contributed by atoms with E-state index in [1.165, 1.54) is 57.8 Å². The van der Waals surface area contributed by atoms with Gasteiger partial charge in [-0.05, 0) is 18.8 Å². The van der Waals surface area contributed by atoms with E-state index in [0.29, 0.717) is 0 Å². The molecule has 0 bridgehead atoms. The van der Waals surface area contributed by atoms with Crippen molar-refractivity contribution in [2.24, 2.45) is 10.8 Å². The first-order valence-corrected chi connectivity index (χ1v) is 10.1. The van der Waals surface area contributed by atoms with Crippen molar-refractivity contribution in [1.82, 2.24) is 0 Å². The molecule has 0 amide bonds. The minimum absolute atomic E-state index is 0.326. The first kappa shape index (κ1) is 23.9. The van der Waals surface area contributed by atoms with Gasteiger partial charge >= 0.3 is 11.9 Å². The summed E-state index contributed by atoms with van der Waals surface area (Å²) in [6.07, 6.45) is 14.3. The third-order valence-electron chi connectivity index (χ3n) is 5.88. The molecule has 0 aromatic carbocycles. The average molecular weight is 357 g/mol. The summed E-state index contributed by atoms with van der Waals surface area (Å²) in [6.45, 7) is 7.59. The summed E-state index contributed by atoms with van der Waals surface area (Å²) < 4.78 is 0. The number of hydrogen-bond donors (Lipinski definition) is 2. The first-order valence-electron chi connectivity index (χ1n) is 10.1. The molecule has 0 rings (SSSR count). The van der Waals surface area contributed by atoms with Gasteiger partial charge in [-0.15, -0.1) is 0 Å². The maximum absolute atomic E-state index is 11.6. The second-order valence-electron chi connectivity index (χ2n) is 8.38. The fourth-order valence-electron chi connectivity index (χ4n) is 3.41. The van der Waals surface area contributed by atoms with E-state index in [0.717, 1.165) is 19.3 Å². The average Bonchev–Trinajstić information content (AvgIpc) is 2.51. The fourth-order valence-corrected chi connectivity index (χ4v) is 3.41. The number of rotatable bonds is 16. The van der Waals surface area contributed by atoms with Crippen molar-refractivity contribution in [1.29, 1.82) is 0 Å².